The standard InChI is InChI=1S/C6H10N2O4/c9-4-2-8(3-4)5(10)1-7-6(11)12/h4,7,9H,1-3H2,(H,11,12). The van der Waals surface area contributed by atoms with Crippen molar-refractivity contribution in [2.45, 2.75) is 6.10 Å². The van der Waals surface area contributed by atoms with E-state index in [1.54, 1.807) is 0 Å². The Hall–Kier alpha value is -1.30. The fourth-order valence-electron chi connectivity index (χ4n) is 0.922. The monoisotopic (exact) mass is 174 g/mol. The van der Waals surface area contributed by atoms with Crippen LogP contribution in [-0.2, 0) is 4.79 Å². The smallest absolute Gasteiger partial charge is 0.405 e. The molecule has 1 aliphatic heterocycles. The molecule has 0 aliphatic carbocycles. The highest BCUT2D eigenvalue weighted by atomic mass is 16.4. The number of likely N-dealkylation sites (tertiary alicyclic amines) is 1. The normalized spacial score (nSPS) is 16.9. The van der Waals surface area contributed by atoms with Crippen molar-refractivity contribution >= 4 is 12.0 Å². The summed E-state index contributed by atoms with van der Waals surface area (Å²) < 4.78 is 0. The third kappa shape index (κ3) is 2.09. The summed E-state index contributed by atoms with van der Waals surface area (Å²) in [6, 6.07) is 0. The van der Waals surface area contributed by atoms with Gasteiger partial charge in [0.05, 0.1) is 6.10 Å². The summed E-state index contributed by atoms with van der Waals surface area (Å²) in [5.41, 5.74) is 0. The molecule has 1 fully saturated rings. The zero-order valence-electron chi connectivity index (χ0n) is 6.36. The number of amides is 2. The van der Waals surface area contributed by atoms with Crippen molar-refractivity contribution in [1.82, 2.24) is 10.2 Å². The fraction of sp³-hybridized carbons (Fsp3) is 0.667. The molecule has 2 amide bonds. The van der Waals surface area contributed by atoms with E-state index in [9.17, 15) is 9.59 Å². The third-order valence-corrected chi connectivity index (χ3v) is 1.61. The molecular weight excluding hydrogens is 164 g/mol. The van der Waals surface area contributed by atoms with Gasteiger partial charge in [-0.25, -0.2) is 4.79 Å². The van der Waals surface area contributed by atoms with Gasteiger partial charge in [-0.2, -0.15) is 0 Å². The predicted molar refractivity (Wildman–Crippen MR) is 38.6 cm³/mol. The van der Waals surface area contributed by atoms with Crippen LogP contribution in [0.25, 0.3) is 0 Å². The quantitative estimate of drug-likeness (QED) is 0.473. The summed E-state index contributed by atoms with van der Waals surface area (Å²) in [7, 11) is 0. The Morgan fingerprint density at radius 3 is 2.50 bits per heavy atom. The molecule has 6 heteroatoms. The summed E-state index contributed by atoms with van der Waals surface area (Å²) in [4.78, 5) is 22.3. The van der Waals surface area contributed by atoms with Crippen molar-refractivity contribution in [3.63, 3.8) is 0 Å². The van der Waals surface area contributed by atoms with E-state index in [-0.39, 0.29) is 12.5 Å². The van der Waals surface area contributed by atoms with Crippen molar-refractivity contribution < 1.29 is 19.8 Å². The molecule has 0 aromatic carbocycles. The second-order valence-corrected chi connectivity index (χ2v) is 2.61. The Morgan fingerprint density at radius 1 is 1.50 bits per heavy atom. The summed E-state index contributed by atoms with van der Waals surface area (Å²) in [6.07, 6.45) is -1.66. The van der Waals surface area contributed by atoms with Crippen LogP contribution >= 0.6 is 0 Å². The highest BCUT2D eigenvalue weighted by Gasteiger charge is 2.28. The first kappa shape index (κ1) is 8.79. The lowest BCUT2D eigenvalue weighted by molar-refractivity contribution is -0.140. The molecule has 68 valence electrons. The van der Waals surface area contributed by atoms with Crippen molar-refractivity contribution in [3.05, 3.63) is 0 Å². The zero-order valence-corrected chi connectivity index (χ0v) is 6.36. The van der Waals surface area contributed by atoms with E-state index in [1.165, 1.54) is 4.90 Å². The molecule has 0 saturated carbocycles. The van der Waals surface area contributed by atoms with Gasteiger partial charge < -0.3 is 20.4 Å². The number of β-amino-alcohol motifs (C(OH)–C–C–N with tert-alkyl or cyclic N) is 1. The average molecular weight is 174 g/mol. The average Bonchev–Trinajstić information content (AvgIpc) is 1.94. The topological polar surface area (TPSA) is 89.9 Å². The Bertz CT molecular complexity index is 200. The first-order valence-corrected chi connectivity index (χ1v) is 3.52. The van der Waals surface area contributed by atoms with Crippen LogP contribution in [0.15, 0.2) is 0 Å². The molecule has 0 bridgehead atoms. The molecule has 0 aromatic heterocycles. The molecule has 1 rings (SSSR count). The zero-order chi connectivity index (χ0) is 9.14. The van der Waals surface area contributed by atoms with Crippen LogP contribution < -0.4 is 5.32 Å². The minimum Gasteiger partial charge on any atom is -0.465 e. The summed E-state index contributed by atoms with van der Waals surface area (Å²) in [6.45, 7) is 0.391. The van der Waals surface area contributed by atoms with Crippen LogP contribution in [0.1, 0.15) is 0 Å². The van der Waals surface area contributed by atoms with Crippen LogP contribution in [0.3, 0.4) is 0 Å². The predicted octanol–water partition coefficient (Wildman–Crippen LogP) is -1.54. The van der Waals surface area contributed by atoms with E-state index in [2.05, 4.69) is 0 Å². The van der Waals surface area contributed by atoms with Gasteiger partial charge in [0.25, 0.3) is 0 Å². The van der Waals surface area contributed by atoms with Crippen molar-refractivity contribution in [2.24, 2.45) is 0 Å². The van der Waals surface area contributed by atoms with Gasteiger partial charge in [-0.15, -0.1) is 0 Å². The van der Waals surface area contributed by atoms with Gasteiger partial charge in [0.2, 0.25) is 5.91 Å². The number of hydrogen-bond donors (Lipinski definition) is 3. The first-order chi connectivity index (χ1) is 5.59. The molecule has 0 spiro atoms. The third-order valence-electron chi connectivity index (χ3n) is 1.61. The molecule has 6 nitrogen and oxygen atoms in total. The van der Waals surface area contributed by atoms with Gasteiger partial charge in [-0.1, -0.05) is 0 Å². The molecule has 1 saturated heterocycles. The number of carboxylic acid groups (broad SMARTS) is 1. The fourth-order valence-corrected chi connectivity index (χ4v) is 0.922. The SMILES string of the molecule is O=C(O)NCC(=O)N1CC(O)C1. The second-order valence-electron chi connectivity index (χ2n) is 2.61. The van der Waals surface area contributed by atoms with Crippen LogP contribution in [0.5, 0.6) is 0 Å². The van der Waals surface area contributed by atoms with Gasteiger partial charge in [0.15, 0.2) is 0 Å². The Labute approximate surface area is 68.8 Å². The largest absolute Gasteiger partial charge is 0.465 e. The number of hydrogen-bond acceptors (Lipinski definition) is 3. The molecule has 0 atom stereocenters. The maximum Gasteiger partial charge on any atom is 0.405 e. The second kappa shape index (κ2) is 3.40. The maximum absolute atomic E-state index is 11.0. The van der Waals surface area contributed by atoms with Crippen molar-refractivity contribution in [3.8, 4) is 0 Å². The van der Waals surface area contributed by atoms with E-state index in [4.69, 9.17) is 10.2 Å². The molecule has 1 heterocycles. The summed E-state index contributed by atoms with van der Waals surface area (Å²) in [5.74, 6) is -0.303. The van der Waals surface area contributed by atoms with E-state index in [0.717, 1.165) is 0 Å². The molecule has 0 unspecified atom stereocenters. The number of carbonyl (C=O) groups excluding carboxylic acids is 1. The van der Waals surface area contributed by atoms with E-state index >= 15 is 0 Å². The summed E-state index contributed by atoms with van der Waals surface area (Å²) in [5, 5.41) is 18.9. The van der Waals surface area contributed by atoms with Crippen LogP contribution in [0, 0.1) is 0 Å². The Morgan fingerprint density at radius 2 is 2.08 bits per heavy atom. The Kier molecular flexibility index (Phi) is 2.49. The van der Waals surface area contributed by atoms with Gasteiger partial charge >= 0.3 is 6.09 Å². The molecular formula is C6H10N2O4. The number of aliphatic hydroxyl groups excluding tert-OH is 1. The highest BCUT2D eigenvalue weighted by molar-refractivity contribution is 5.82. The highest BCUT2D eigenvalue weighted by Crippen LogP contribution is 2.06. The first-order valence-electron chi connectivity index (χ1n) is 3.52. The lowest BCUT2D eigenvalue weighted by Crippen LogP contribution is -2.55. The van der Waals surface area contributed by atoms with E-state index < -0.39 is 12.2 Å². The van der Waals surface area contributed by atoms with E-state index in [0.29, 0.717) is 13.1 Å². The number of nitrogens with zero attached hydrogens (tertiary/aromatic N) is 1. The van der Waals surface area contributed by atoms with Gasteiger partial charge in [0.1, 0.15) is 6.54 Å². The number of nitrogens with one attached hydrogen (secondary N) is 1. The number of carbonyl (C=O) groups is 2. The van der Waals surface area contributed by atoms with Crippen LogP contribution in [-0.4, -0.2) is 52.9 Å². The van der Waals surface area contributed by atoms with Crippen LogP contribution in [0.4, 0.5) is 4.79 Å². The minimum absolute atomic E-state index is 0.220. The van der Waals surface area contributed by atoms with Crippen LogP contribution in [0.2, 0.25) is 0 Å². The molecule has 3 N–H and O–H groups in total. The van der Waals surface area contributed by atoms with Gasteiger partial charge in [-0.3, -0.25) is 4.79 Å². The lowest BCUT2D eigenvalue weighted by Gasteiger charge is -2.35. The maximum atomic E-state index is 11.0. The molecule has 12 heavy (non-hydrogen) atoms. The van der Waals surface area contributed by atoms with Gasteiger partial charge in [0, 0.05) is 13.1 Å². The van der Waals surface area contributed by atoms with Crippen molar-refractivity contribution in [1.29, 1.82) is 0 Å². The lowest BCUT2D eigenvalue weighted by atomic mass is 10.2. The number of rotatable bonds is 2. The number of aliphatic hydroxyl groups is 1. The Balaban J connectivity index is 2.17. The van der Waals surface area contributed by atoms with Crippen molar-refractivity contribution in [2.75, 3.05) is 19.6 Å². The molecule has 1 aliphatic rings. The minimum atomic E-state index is -1.22. The molecule has 0 radical (unpaired) electrons. The van der Waals surface area contributed by atoms with Gasteiger partial charge in [-0.05, 0) is 0 Å². The van der Waals surface area contributed by atoms with E-state index in [1.807, 2.05) is 5.32 Å². The molecule has 0 aromatic rings. The summed E-state index contributed by atoms with van der Waals surface area (Å²) >= 11 is 0.